The van der Waals surface area contributed by atoms with E-state index in [1.165, 1.54) is 23.4 Å². The molecule has 0 aromatic heterocycles. The maximum absolute atomic E-state index is 12.7. The average molecular weight is 453 g/mol. The molecule has 1 N–H and O–H groups in total. The highest BCUT2D eigenvalue weighted by molar-refractivity contribution is 7.89. The summed E-state index contributed by atoms with van der Waals surface area (Å²) in [5, 5.41) is 3.16. The molecule has 0 aliphatic carbocycles. The van der Waals surface area contributed by atoms with Gasteiger partial charge >= 0.3 is 5.97 Å². The van der Waals surface area contributed by atoms with E-state index in [-0.39, 0.29) is 10.5 Å². The summed E-state index contributed by atoms with van der Waals surface area (Å²) >= 11 is 5.82. The highest BCUT2D eigenvalue weighted by atomic mass is 35.5. The third-order valence-corrected chi connectivity index (χ3v) is 6.83. The van der Waals surface area contributed by atoms with Gasteiger partial charge in [-0.3, -0.25) is 4.79 Å². The molecular weight excluding hydrogens is 428 g/mol. The lowest BCUT2D eigenvalue weighted by molar-refractivity contribution is -0.123. The van der Waals surface area contributed by atoms with Crippen LogP contribution in [0.4, 0.5) is 5.69 Å². The number of carbonyl (C=O) groups excluding carboxylic acids is 2. The number of anilines is 1. The van der Waals surface area contributed by atoms with Crippen molar-refractivity contribution < 1.29 is 22.7 Å². The summed E-state index contributed by atoms with van der Waals surface area (Å²) in [6.45, 7) is 7.22. The van der Waals surface area contributed by atoms with Crippen molar-refractivity contribution in [3.8, 4) is 0 Å². The number of halogens is 1. The van der Waals surface area contributed by atoms with Crippen LogP contribution in [-0.4, -0.2) is 43.8 Å². The monoisotopic (exact) mass is 452 g/mol. The maximum Gasteiger partial charge on any atom is 0.339 e. The first-order chi connectivity index (χ1) is 14.1. The number of esters is 1. The van der Waals surface area contributed by atoms with E-state index in [1.807, 2.05) is 0 Å². The third kappa shape index (κ3) is 5.59. The van der Waals surface area contributed by atoms with E-state index < -0.39 is 28.0 Å². The minimum Gasteiger partial charge on any atom is -0.449 e. The lowest BCUT2D eigenvalue weighted by atomic mass is 10.1. The molecule has 2 rings (SSSR count). The average Bonchev–Trinajstić information content (AvgIpc) is 2.70. The van der Waals surface area contributed by atoms with Gasteiger partial charge in [0.15, 0.2) is 6.10 Å². The fraction of sp³-hybridized carbons (Fsp3) is 0.333. The van der Waals surface area contributed by atoms with E-state index in [2.05, 4.69) is 5.32 Å². The van der Waals surface area contributed by atoms with E-state index in [0.717, 1.165) is 0 Å². The number of nitrogens with one attached hydrogen (secondary N) is 1. The second kappa shape index (κ2) is 10.1. The zero-order valence-electron chi connectivity index (χ0n) is 17.3. The van der Waals surface area contributed by atoms with Crippen LogP contribution in [0.2, 0.25) is 5.02 Å². The highest BCUT2D eigenvalue weighted by Gasteiger charge is 2.25. The second-order valence-electron chi connectivity index (χ2n) is 6.61. The largest absolute Gasteiger partial charge is 0.449 e. The van der Waals surface area contributed by atoms with E-state index in [0.29, 0.717) is 29.4 Å². The van der Waals surface area contributed by atoms with E-state index in [9.17, 15) is 18.0 Å². The first-order valence-corrected chi connectivity index (χ1v) is 11.3. The Morgan fingerprint density at radius 3 is 2.27 bits per heavy atom. The van der Waals surface area contributed by atoms with Gasteiger partial charge in [-0.1, -0.05) is 31.5 Å². The first-order valence-electron chi connectivity index (χ1n) is 9.48. The van der Waals surface area contributed by atoms with Crippen molar-refractivity contribution in [2.45, 2.75) is 38.7 Å². The number of ether oxygens (including phenoxy) is 1. The summed E-state index contributed by atoms with van der Waals surface area (Å²) in [5.41, 5.74) is 1.15. The van der Waals surface area contributed by atoms with E-state index in [1.54, 1.807) is 51.1 Å². The molecule has 0 aliphatic heterocycles. The number of amides is 1. The van der Waals surface area contributed by atoms with Crippen LogP contribution in [0.25, 0.3) is 0 Å². The smallest absolute Gasteiger partial charge is 0.339 e. The SMILES string of the molecule is CCN(CC)S(=O)(=O)c1ccc(C)c(C(=O)OC(C)C(=O)Nc2ccc(Cl)cc2)c1. The molecule has 2 aromatic carbocycles. The summed E-state index contributed by atoms with van der Waals surface area (Å²) < 4.78 is 32.0. The van der Waals surface area contributed by atoms with Crippen LogP contribution in [0.15, 0.2) is 47.4 Å². The number of aryl methyl sites for hydroxylation is 1. The minimum absolute atomic E-state index is 0.00187. The predicted octanol–water partition coefficient (Wildman–Crippen LogP) is 3.86. The topological polar surface area (TPSA) is 92.8 Å². The molecule has 0 aliphatic rings. The predicted molar refractivity (Wildman–Crippen MR) is 116 cm³/mol. The van der Waals surface area contributed by atoms with Gasteiger partial charge in [-0.15, -0.1) is 0 Å². The van der Waals surface area contributed by atoms with Gasteiger partial charge in [-0.05, 0) is 55.8 Å². The summed E-state index contributed by atoms with van der Waals surface area (Å²) in [7, 11) is -3.73. The van der Waals surface area contributed by atoms with Gasteiger partial charge in [0, 0.05) is 23.8 Å². The second-order valence-corrected chi connectivity index (χ2v) is 8.98. The molecule has 162 valence electrons. The number of carbonyl (C=O) groups is 2. The zero-order chi connectivity index (χ0) is 22.5. The molecule has 1 amide bonds. The van der Waals surface area contributed by atoms with Gasteiger partial charge in [0.25, 0.3) is 5.91 Å². The van der Waals surface area contributed by atoms with Crippen LogP contribution in [0.3, 0.4) is 0 Å². The van der Waals surface area contributed by atoms with Gasteiger partial charge in [-0.25, -0.2) is 13.2 Å². The van der Waals surface area contributed by atoms with Gasteiger partial charge in [-0.2, -0.15) is 4.31 Å². The molecule has 2 aromatic rings. The molecule has 0 saturated heterocycles. The third-order valence-electron chi connectivity index (χ3n) is 4.54. The molecule has 1 unspecified atom stereocenters. The summed E-state index contributed by atoms with van der Waals surface area (Å²) in [5.74, 6) is -1.29. The van der Waals surface area contributed by atoms with E-state index >= 15 is 0 Å². The molecule has 1 atom stereocenters. The van der Waals surface area contributed by atoms with E-state index in [4.69, 9.17) is 16.3 Å². The molecule has 0 radical (unpaired) electrons. The molecular formula is C21H25ClN2O5S. The Labute approximate surface area is 182 Å². The fourth-order valence-corrected chi connectivity index (χ4v) is 4.36. The van der Waals surface area contributed by atoms with Crippen LogP contribution in [0, 0.1) is 6.92 Å². The molecule has 7 nitrogen and oxygen atoms in total. The number of benzene rings is 2. The number of sulfonamides is 1. The Kier molecular flexibility index (Phi) is 8.00. The van der Waals surface area contributed by atoms with Gasteiger partial charge in [0.2, 0.25) is 10.0 Å². The Morgan fingerprint density at radius 1 is 1.10 bits per heavy atom. The highest BCUT2D eigenvalue weighted by Crippen LogP contribution is 2.21. The van der Waals surface area contributed by atoms with Crippen molar-refractivity contribution in [3.05, 3.63) is 58.6 Å². The molecule has 30 heavy (non-hydrogen) atoms. The van der Waals surface area contributed by atoms with Gasteiger partial charge in [0.05, 0.1) is 10.5 Å². The molecule has 0 fully saturated rings. The normalized spacial score (nSPS) is 12.5. The van der Waals surface area contributed by atoms with Crippen LogP contribution in [0.1, 0.15) is 36.7 Å². The molecule has 0 spiro atoms. The van der Waals surface area contributed by atoms with Crippen LogP contribution < -0.4 is 5.32 Å². The quantitative estimate of drug-likeness (QED) is 0.614. The number of hydrogen-bond donors (Lipinski definition) is 1. The van der Waals surface area contributed by atoms with Crippen molar-refractivity contribution in [2.75, 3.05) is 18.4 Å². The van der Waals surface area contributed by atoms with Crippen molar-refractivity contribution in [2.24, 2.45) is 0 Å². The van der Waals surface area contributed by atoms with Gasteiger partial charge in [0.1, 0.15) is 0 Å². The lowest BCUT2D eigenvalue weighted by Gasteiger charge is -2.19. The molecule has 0 bridgehead atoms. The van der Waals surface area contributed by atoms with Crippen molar-refractivity contribution >= 4 is 39.2 Å². The summed E-state index contributed by atoms with van der Waals surface area (Å²) in [4.78, 5) is 25.0. The summed E-state index contributed by atoms with van der Waals surface area (Å²) in [6, 6.07) is 10.8. The van der Waals surface area contributed by atoms with Crippen molar-refractivity contribution in [3.63, 3.8) is 0 Å². The Bertz CT molecular complexity index is 1020. The number of rotatable bonds is 8. The first kappa shape index (κ1) is 23.9. The molecule has 0 saturated carbocycles. The summed E-state index contributed by atoms with van der Waals surface area (Å²) in [6.07, 6.45) is -1.09. The Morgan fingerprint density at radius 2 is 1.70 bits per heavy atom. The van der Waals surface area contributed by atoms with Crippen LogP contribution >= 0.6 is 11.6 Å². The van der Waals surface area contributed by atoms with Gasteiger partial charge < -0.3 is 10.1 Å². The van der Waals surface area contributed by atoms with Crippen molar-refractivity contribution in [1.29, 1.82) is 0 Å². The van der Waals surface area contributed by atoms with Crippen LogP contribution in [-0.2, 0) is 19.6 Å². The molecule has 9 heteroatoms. The lowest BCUT2D eigenvalue weighted by Crippen LogP contribution is -2.31. The van der Waals surface area contributed by atoms with Crippen molar-refractivity contribution in [1.82, 2.24) is 4.31 Å². The standard InChI is InChI=1S/C21H25ClN2O5S/c1-5-24(6-2)30(27,28)18-12-7-14(3)19(13-18)21(26)29-15(4)20(25)23-17-10-8-16(22)9-11-17/h7-13,15H,5-6H2,1-4H3,(H,23,25). The number of hydrogen-bond acceptors (Lipinski definition) is 5. The Hall–Kier alpha value is -2.42. The fourth-order valence-electron chi connectivity index (χ4n) is 2.75. The number of nitrogens with zero attached hydrogens (tertiary/aromatic N) is 1. The zero-order valence-corrected chi connectivity index (χ0v) is 18.9. The molecule has 0 heterocycles. The van der Waals surface area contributed by atoms with Crippen LogP contribution in [0.5, 0.6) is 0 Å². The Balaban J connectivity index is 2.18. The minimum atomic E-state index is -3.73. The maximum atomic E-state index is 12.7.